The van der Waals surface area contributed by atoms with Gasteiger partial charge in [0.25, 0.3) is 0 Å². The summed E-state index contributed by atoms with van der Waals surface area (Å²) in [4.78, 5) is 0. The highest BCUT2D eigenvalue weighted by atomic mass is 31.2. The second-order valence-electron chi connectivity index (χ2n) is 19.3. The zero-order valence-corrected chi connectivity index (χ0v) is 40.2. The van der Waals surface area contributed by atoms with Gasteiger partial charge in [0, 0.05) is 11.5 Å². The molecule has 0 saturated heterocycles. The molecule has 57 heavy (non-hydrogen) atoms. The summed E-state index contributed by atoms with van der Waals surface area (Å²) in [6.07, 6.45) is 29.7. The monoisotopic (exact) mass is 810 g/mol. The number of phosphoric ester groups is 1. The van der Waals surface area contributed by atoms with Gasteiger partial charge in [0.2, 0.25) is 0 Å². The van der Waals surface area contributed by atoms with Crippen molar-refractivity contribution < 1.29 is 18.1 Å². The van der Waals surface area contributed by atoms with E-state index >= 15 is 0 Å². The number of unbranched alkanes of at least 4 members (excludes halogenated alkanes) is 20. The largest absolute Gasteiger partial charge is 0.530 e. The highest BCUT2D eigenvalue weighted by Gasteiger charge is 2.33. The molecule has 1 unspecified atom stereocenters. The first-order valence-electron chi connectivity index (χ1n) is 23.9. The molecule has 4 nitrogen and oxygen atoms in total. The van der Waals surface area contributed by atoms with Crippen LogP contribution in [0.15, 0.2) is 24.3 Å². The van der Waals surface area contributed by atoms with Crippen LogP contribution in [0.25, 0.3) is 0 Å². The fraction of sp³-hybridized carbons (Fsp3) is 0.769. The first-order chi connectivity index (χ1) is 27.2. The molecule has 1 radical (unpaired) electrons. The summed E-state index contributed by atoms with van der Waals surface area (Å²) in [5, 5.41) is 0. The quantitative estimate of drug-likeness (QED) is 0.0545. The van der Waals surface area contributed by atoms with E-state index in [0.29, 0.717) is 19.0 Å². The molecule has 0 aromatic heterocycles. The van der Waals surface area contributed by atoms with Gasteiger partial charge < -0.3 is 4.52 Å². The molecule has 0 aliphatic heterocycles. The predicted molar refractivity (Wildman–Crippen MR) is 248 cm³/mol. The topological polar surface area (TPSA) is 44.8 Å². The van der Waals surface area contributed by atoms with E-state index in [1.165, 1.54) is 138 Å². The molecule has 0 saturated carbocycles. The van der Waals surface area contributed by atoms with E-state index < -0.39 is 7.82 Å². The van der Waals surface area contributed by atoms with Crippen molar-refractivity contribution in [3.63, 3.8) is 0 Å². The molecule has 0 amide bonds. The third kappa shape index (κ3) is 20.5. The standard InChI is InChI=1S/C52H90O4P/c1-12-15-17-19-21-23-25-27-29-31-33-38-54-57(53,55-39-34-32-30-28-26-24-22-20-18-16-13-2)56-50-40-44(5)48(42-49(50)52(9,10)11)46(35-14-3)47-41-45(51(6,7)8)37-36-43(47)4/h36,40-42,46H,12-35,38-39H2,1-11H3. The lowest BCUT2D eigenvalue weighted by Gasteiger charge is -2.30. The van der Waals surface area contributed by atoms with E-state index in [2.05, 4.69) is 106 Å². The fourth-order valence-corrected chi connectivity index (χ4v) is 9.26. The van der Waals surface area contributed by atoms with Crippen molar-refractivity contribution in [2.45, 2.75) is 247 Å². The van der Waals surface area contributed by atoms with Crippen molar-refractivity contribution >= 4 is 7.82 Å². The van der Waals surface area contributed by atoms with Gasteiger partial charge in [-0.2, -0.15) is 0 Å². The van der Waals surface area contributed by atoms with Crippen molar-refractivity contribution in [1.82, 2.24) is 0 Å². The smallest absolute Gasteiger partial charge is 0.404 e. The highest BCUT2D eigenvalue weighted by molar-refractivity contribution is 7.48. The number of aryl methyl sites for hydroxylation is 2. The Labute approximate surface area is 354 Å². The van der Waals surface area contributed by atoms with Gasteiger partial charge in [-0.25, -0.2) is 4.57 Å². The Balaban J connectivity index is 2.21. The lowest BCUT2D eigenvalue weighted by molar-refractivity contribution is 0.150. The minimum atomic E-state index is -3.86. The molecule has 0 spiro atoms. The Kier molecular flexibility index (Phi) is 25.3. The van der Waals surface area contributed by atoms with Gasteiger partial charge in [0.15, 0.2) is 0 Å². The van der Waals surface area contributed by atoms with Crippen LogP contribution in [0.3, 0.4) is 0 Å². The Morgan fingerprint density at radius 1 is 0.544 bits per heavy atom. The van der Waals surface area contributed by atoms with Crippen LogP contribution in [0.4, 0.5) is 0 Å². The van der Waals surface area contributed by atoms with Crippen LogP contribution < -0.4 is 4.52 Å². The molecular formula is C52H90O4P. The molecule has 0 aliphatic rings. The zero-order valence-electron chi connectivity index (χ0n) is 39.4. The van der Waals surface area contributed by atoms with E-state index in [1.807, 2.05) is 0 Å². The normalized spacial score (nSPS) is 13.0. The van der Waals surface area contributed by atoms with Crippen molar-refractivity contribution in [3.05, 3.63) is 63.7 Å². The lowest BCUT2D eigenvalue weighted by Crippen LogP contribution is -2.17. The molecule has 1 atom stereocenters. The van der Waals surface area contributed by atoms with E-state index in [9.17, 15) is 4.57 Å². The van der Waals surface area contributed by atoms with Gasteiger partial charge in [0.05, 0.1) is 13.2 Å². The summed E-state index contributed by atoms with van der Waals surface area (Å²) in [7, 11) is -3.86. The van der Waals surface area contributed by atoms with Crippen LogP contribution in [0.1, 0.15) is 256 Å². The van der Waals surface area contributed by atoms with Crippen LogP contribution in [-0.2, 0) is 24.4 Å². The number of rotatable bonds is 32. The zero-order chi connectivity index (χ0) is 42.2. The van der Waals surface area contributed by atoms with E-state index in [-0.39, 0.29) is 16.7 Å². The second-order valence-corrected chi connectivity index (χ2v) is 20.9. The Bertz CT molecular complexity index is 1370. The Morgan fingerprint density at radius 3 is 1.37 bits per heavy atom. The average molecular weight is 810 g/mol. The van der Waals surface area contributed by atoms with E-state index in [4.69, 9.17) is 13.6 Å². The van der Waals surface area contributed by atoms with Crippen molar-refractivity contribution in [2.75, 3.05) is 13.2 Å². The summed E-state index contributed by atoms with van der Waals surface area (Å²) in [5.74, 6) is 0.857. The third-order valence-electron chi connectivity index (χ3n) is 11.7. The van der Waals surface area contributed by atoms with Crippen LogP contribution >= 0.6 is 7.82 Å². The molecule has 0 heterocycles. The van der Waals surface area contributed by atoms with Crippen molar-refractivity contribution in [3.8, 4) is 5.75 Å². The molecular weight excluding hydrogens is 720 g/mol. The van der Waals surface area contributed by atoms with Crippen LogP contribution in [0, 0.1) is 19.9 Å². The third-order valence-corrected chi connectivity index (χ3v) is 13.1. The summed E-state index contributed by atoms with van der Waals surface area (Å²) < 4.78 is 33.5. The Morgan fingerprint density at radius 2 is 0.965 bits per heavy atom. The van der Waals surface area contributed by atoms with Crippen LogP contribution in [0.2, 0.25) is 0 Å². The number of phosphoric acid groups is 1. The molecule has 5 heteroatoms. The van der Waals surface area contributed by atoms with Gasteiger partial charge >= 0.3 is 7.82 Å². The highest BCUT2D eigenvalue weighted by Crippen LogP contribution is 2.53. The minimum absolute atomic E-state index is 0.0186. The Hall–Kier alpha value is -1.61. The van der Waals surface area contributed by atoms with Crippen molar-refractivity contribution in [2.24, 2.45) is 0 Å². The average Bonchev–Trinajstić information content (AvgIpc) is 3.14. The van der Waals surface area contributed by atoms with Gasteiger partial charge in [-0.1, -0.05) is 215 Å². The maximum absolute atomic E-state index is 14.6. The first kappa shape index (κ1) is 51.5. The number of benzene rings is 2. The maximum Gasteiger partial charge on any atom is 0.530 e. The summed E-state index contributed by atoms with van der Waals surface area (Å²) in [5.41, 5.74) is 7.14. The SMILES string of the molecule is CCCCCCCCCCCCCOP(=O)(OCCCCCCCCCCCCC)Oc1cc(C)c(C(CCC)c2cc(C(C)(C)C)[c]cc2C)cc1C(C)(C)C. The number of hydrogen-bond donors (Lipinski definition) is 0. The molecule has 0 aliphatic carbocycles. The second kappa shape index (κ2) is 28.0. The van der Waals surface area contributed by atoms with Gasteiger partial charge in [0.1, 0.15) is 5.75 Å². The first-order valence-corrected chi connectivity index (χ1v) is 25.4. The molecule has 2 rings (SSSR count). The lowest BCUT2D eigenvalue weighted by atomic mass is 9.77. The summed E-state index contributed by atoms with van der Waals surface area (Å²) in [6, 6.07) is 12.6. The molecule has 0 fully saturated rings. The van der Waals surface area contributed by atoms with E-state index in [0.717, 1.165) is 49.7 Å². The van der Waals surface area contributed by atoms with Crippen LogP contribution in [-0.4, -0.2) is 13.2 Å². The molecule has 0 bridgehead atoms. The maximum atomic E-state index is 14.6. The van der Waals surface area contributed by atoms with Crippen molar-refractivity contribution in [1.29, 1.82) is 0 Å². The molecule has 0 N–H and O–H groups in total. The molecule has 2 aromatic rings. The fourth-order valence-electron chi connectivity index (χ4n) is 7.99. The summed E-state index contributed by atoms with van der Waals surface area (Å²) in [6.45, 7) is 25.4. The predicted octanol–water partition coefficient (Wildman–Crippen LogP) is 17.8. The van der Waals surface area contributed by atoms with Gasteiger partial charge in [-0.15, -0.1) is 0 Å². The van der Waals surface area contributed by atoms with Gasteiger partial charge in [-0.05, 0) is 83.9 Å². The minimum Gasteiger partial charge on any atom is -0.404 e. The van der Waals surface area contributed by atoms with E-state index in [1.54, 1.807) is 0 Å². The number of hydrogen-bond acceptors (Lipinski definition) is 4. The molecule has 327 valence electrons. The van der Waals surface area contributed by atoms with Gasteiger partial charge in [-0.3, -0.25) is 9.05 Å². The molecule has 2 aromatic carbocycles. The van der Waals surface area contributed by atoms with Crippen LogP contribution in [0.5, 0.6) is 5.75 Å². The summed E-state index contributed by atoms with van der Waals surface area (Å²) >= 11 is 0.